The summed E-state index contributed by atoms with van der Waals surface area (Å²) in [6.07, 6.45) is 7.86. The van der Waals surface area contributed by atoms with Crippen molar-refractivity contribution in [3.63, 3.8) is 0 Å². The number of benzene rings is 2. The van der Waals surface area contributed by atoms with Gasteiger partial charge in [0.05, 0.1) is 35.2 Å². The highest BCUT2D eigenvalue weighted by Gasteiger charge is 2.24. The van der Waals surface area contributed by atoms with Crippen molar-refractivity contribution in [1.29, 1.82) is 0 Å². The highest BCUT2D eigenvalue weighted by molar-refractivity contribution is 5.94. The van der Waals surface area contributed by atoms with Crippen molar-refractivity contribution in [2.24, 2.45) is 0 Å². The van der Waals surface area contributed by atoms with Gasteiger partial charge in [0.1, 0.15) is 0 Å². The van der Waals surface area contributed by atoms with Crippen LogP contribution in [0.1, 0.15) is 92.1 Å². The second-order valence-electron chi connectivity index (χ2n) is 11.6. The molecule has 0 bridgehead atoms. The van der Waals surface area contributed by atoms with Gasteiger partial charge in [-0.15, -0.1) is 0 Å². The van der Waals surface area contributed by atoms with Crippen LogP contribution in [-0.4, -0.2) is 29.7 Å². The molecule has 5 aromatic rings. The number of nitrogens with zero attached hydrogens (tertiary/aromatic N) is 5. The molecule has 1 fully saturated rings. The molecule has 1 aliphatic rings. The quantitative estimate of drug-likeness (QED) is 0.232. The van der Waals surface area contributed by atoms with E-state index in [9.17, 15) is 5.11 Å². The van der Waals surface area contributed by atoms with E-state index in [0.717, 1.165) is 44.8 Å². The first-order chi connectivity index (χ1) is 19.4. The molecule has 6 rings (SSSR count). The van der Waals surface area contributed by atoms with Crippen LogP contribution in [0.3, 0.4) is 0 Å². The average Bonchev–Trinajstić information content (AvgIpc) is 3.54. The Labute approximate surface area is 236 Å². The van der Waals surface area contributed by atoms with Crippen LogP contribution in [0.2, 0.25) is 0 Å². The molecule has 6 nitrogen and oxygen atoms in total. The van der Waals surface area contributed by atoms with Crippen molar-refractivity contribution in [2.45, 2.75) is 84.3 Å². The Kier molecular flexibility index (Phi) is 7.28. The van der Waals surface area contributed by atoms with E-state index < -0.39 is 6.10 Å². The van der Waals surface area contributed by atoms with Gasteiger partial charge in [-0.3, -0.25) is 9.67 Å². The summed E-state index contributed by atoms with van der Waals surface area (Å²) in [5.74, 6) is 0.875. The first kappa shape index (κ1) is 26.5. The number of rotatable bonds is 7. The molecule has 3 aromatic heterocycles. The van der Waals surface area contributed by atoms with Gasteiger partial charge in [-0.2, -0.15) is 10.2 Å². The van der Waals surface area contributed by atoms with Gasteiger partial charge < -0.3 is 5.11 Å². The lowest BCUT2D eigenvalue weighted by Crippen LogP contribution is -2.10. The second-order valence-corrected chi connectivity index (χ2v) is 11.6. The minimum atomic E-state index is -0.626. The number of aliphatic hydroxyl groups is 1. The standard InChI is InChI=1S/C34H39N5O/c1-22(2)33-24(4)39(31-19-18-29(35-23(31)3)25-12-7-5-8-13-25)37-34(33)27-16-11-17-30-28(27)20-38(36-30)21-32(40)26-14-9-6-10-15-26/h6,9-11,14-20,22,25,32,40H,5,7-8,12-13,21H2,1-4H3. The van der Waals surface area contributed by atoms with E-state index in [4.69, 9.17) is 15.2 Å². The molecular formula is C34H39N5O. The van der Waals surface area contributed by atoms with Crippen LogP contribution in [0.5, 0.6) is 0 Å². The highest BCUT2D eigenvalue weighted by Crippen LogP contribution is 2.37. The molecule has 3 heterocycles. The van der Waals surface area contributed by atoms with Gasteiger partial charge in [-0.05, 0) is 56.4 Å². The molecule has 1 saturated carbocycles. The van der Waals surface area contributed by atoms with E-state index in [0.29, 0.717) is 18.4 Å². The molecule has 1 unspecified atom stereocenters. The van der Waals surface area contributed by atoms with Gasteiger partial charge in [0.15, 0.2) is 0 Å². The number of hydrogen-bond acceptors (Lipinski definition) is 4. The van der Waals surface area contributed by atoms with Crippen molar-refractivity contribution in [3.05, 3.63) is 95.1 Å². The van der Waals surface area contributed by atoms with E-state index in [2.05, 4.69) is 50.6 Å². The molecule has 0 spiro atoms. The topological polar surface area (TPSA) is 68.8 Å². The largest absolute Gasteiger partial charge is 0.386 e. The molecule has 1 atom stereocenters. The van der Waals surface area contributed by atoms with Crippen molar-refractivity contribution in [1.82, 2.24) is 24.5 Å². The molecule has 1 N–H and O–H groups in total. The summed E-state index contributed by atoms with van der Waals surface area (Å²) in [7, 11) is 0. The third kappa shape index (κ3) is 4.97. The van der Waals surface area contributed by atoms with Crippen molar-refractivity contribution < 1.29 is 5.11 Å². The smallest absolute Gasteiger partial charge is 0.0985 e. The first-order valence-corrected chi connectivity index (χ1v) is 14.7. The molecule has 1 aliphatic carbocycles. The Hall–Kier alpha value is -3.77. The molecule has 0 radical (unpaired) electrons. The zero-order valence-electron chi connectivity index (χ0n) is 24.0. The Balaban J connectivity index is 1.39. The van der Waals surface area contributed by atoms with Crippen molar-refractivity contribution in [3.8, 4) is 16.9 Å². The molecule has 0 saturated heterocycles. The summed E-state index contributed by atoms with van der Waals surface area (Å²) in [5, 5.41) is 21.9. The molecule has 206 valence electrons. The zero-order valence-corrected chi connectivity index (χ0v) is 24.0. The maximum atomic E-state index is 10.8. The number of fused-ring (bicyclic) bond motifs is 1. The Morgan fingerprint density at radius 1 is 0.900 bits per heavy atom. The highest BCUT2D eigenvalue weighted by atomic mass is 16.3. The van der Waals surface area contributed by atoms with Crippen LogP contribution in [-0.2, 0) is 6.54 Å². The molecule has 40 heavy (non-hydrogen) atoms. The SMILES string of the molecule is Cc1nc(C2CCCCC2)ccc1-n1nc(-c2cccc3nn(CC(O)c4ccccc4)cc23)c(C(C)C)c1C. The average molecular weight is 534 g/mol. The van der Waals surface area contributed by atoms with E-state index >= 15 is 0 Å². The molecule has 0 amide bonds. The third-order valence-electron chi connectivity index (χ3n) is 8.47. The predicted molar refractivity (Wildman–Crippen MR) is 161 cm³/mol. The van der Waals surface area contributed by atoms with E-state index in [-0.39, 0.29) is 0 Å². The van der Waals surface area contributed by atoms with Crippen LogP contribution >= 0.6 is 0 Å². The normalized spacial score (nSPS) is 15.2. The monoisotopic (exact) mass is 533 g/mol. The van der Waals surface area contributed by atoms with Gasteiger partial charge in [0.25, 0.3) is 0 Å². The Morgan fingerprint density at radius 3 is 2.40 bits per heavy atom. The van der Waals surface area contributed by atoms with Gasteiger partial charge >= 0.3 is 0 Å². The second kappa shape index (κ2) is 11.0. The summed E-state index contributed by atoms with van der Waals surface area (Å²) in [6, 6.07) is 20.4. The number of aryl methyl sites for hydroxylation is 1. The zero-order chi connectivity index (χ0) is 27.8. The van der Waals surface area contributed by atoms with Gasteiger partial charge in [-0.1, -0.05) is 75.6 Å². The van der Waals surface area contributed by atoms with Crippen LogP contribution < -0.4 is 0 Å². The van der Waals surface area contributed by atoms with Crippen LogP contribution in [0.15, 0.2) is 66.9 Å². The number of aromatic nitrogens is 5. The summed E-state index contributed by atoms with van der Waals surface area (Å²) in [5.41, 5.74) is 9.50. The van der Waals surface area contributed by atoms with Gasteiger partial charge in [0, 0.05) is 40.0 Å². The maximum absolute atomic E-state index is 10.8. The number of pyridine rings is 1. The van der Waals surface area contributed by atoms with E-state index in [1.54, 1.807) is 0 Å². The van der Waals surface area contributed by atoms with Crippen LogP contribution in [0.25, 0.3) is 27.8 Å². The van der Waals surface area contributed by atoms with E-state index in [1.165, 1.54) is 43.4 Å². The third-order valence-corrected chi connectivity index (χ3v) is 8.47. The first-order valence-electron chi connectivity index (χ1n) is 14.7. The lowest BCUT2D eigenvalue weighted by Gasteiger charge is -2.22. The minimum absolute atomic E-state index is 0.295. The summed E-state index contributed by atoms with van der Waals surface area (Å²) < 4.78 is 3.93. The molecule has 2 aromatic carbocycles. The predicted octanol–water partition coefficient (Wildman–Crippen LogP) is 7.81. The fourth-order valence-corrected chi connectivity index (χ4v) is 6.41. The summed E-state index contributed by atoms with van der Waals surface area (Å²) in [4.78, 5) is 5.08. The lowest BCUT2D eigenvalue weighted by molar-refractivity contribution is 0.152. The van der Waals surface area contributed by atoms with Crippen molar-refractivity contribution in [2.75, 3.05) is 0 Å². The van der Waals surface area contributed by atoms with Gasteiger partial charge in [-0.25, -0.2) is 4.68 Å². The van der Waals surface area contributed by atoms with Crippen LogP contribution in [0, 0.1) is 13.8 Å². The number of aliphatic hydroxyl groups excluding tert-OH is 1. The fraction of sp³-hybridized carbons (Fsp3) is 0.382. The number of hydrogen-bond donors (Lipinski definition) is 1. The van der Waals surface area contributed by atoms with Gasteiger partial charge in [0.2, 0.25) is 0 Å². The Bertz CT molecular complexity index is 1630. The van der Waals surface area contributed by atoms with Crippen molar-refractivity contribution >= 4 is 10.9 Å². The van der Waals surface area contributed by atoms with E-state index in [1.807, 2.05) is 53.3 Å². The van der Waals surface area contributed by atoms with Crippen LogP contribution in [0.4, 0.5) is 0 Å². The summed E-state index contributed by atoms with van der Waals surface area (Å²) >= 11 is 0. The summed E-state index contributed by atoms with van der Waals surface area (Å²) in [6.45, 7) is 9.13. The molecule has 6 heteroatoms. The molecule has 0 aliphatic heterocycles. The minimum Gasteiger partial charge on any atom is -0.386 e. The fourth-order valence-electron chi connectivity index (χ4n) is 6.41. The maximum Gasteiger partial charge on any atom is 0.0985 e. The lowest BCUT2D eigenvalue weighted by atomic mass is 9.86. The Morgan fingerprint density at radius 2 is 1.68 bits per heavy atom. The molecular weight excluding hydrogens is 494 g/mol.